The molecular formula is C14H17NO2. The number of aryl methyl sites for hydroxylation is 1. The van der Waals surface area contributed by atoms with Crippen molar-refractivity contribution in [1.82, 2.24) is 0 Å². The van der Waals surface area contributed by atoms with Crippen LogP contribution in [-0.4, -0.2) is 16.7 Å². The van der Waals surface area contributed by atoms with E-state index < -0.39 is 0 Å². The molecule has 2 rings (SSSR count). The lowest BCUT2D eigenvalue weighted by Gasteiger charge is -2.25. The highest BCUT2D eigenvalue weighted by molar-refractivity contribution is 6.15. The van der Waals surface area contributed by atoms with Gasteiger partial charge in [-0.3, -0.25) is 4.79 Å². The Morgan fingerprint density at radius 1 is 1.41 bits per heavy atom. The second kappa shape index (κ2) is 4.70. The Morgan fingerprint density at radius 3 is 2.76 bits per heavy atom. The molecule has 90 valence electrons. The largest absolute Gasteiger partial charge is 0.411 e. The van der Waals surface area contributed by atoms with Gasteiger partial charge in [-0.1, -0.05) is 43.3 Å². The number of carbonyl (C=O) groups is 1. The van der Waals surface area contributed by atoms with E-state index in [-0.39, 0.29) is 17.6 Å². The fourth-order valence-corrected chi connectivity index (χ4v) is 2.42. The van der Waals surface area contributed by atoms with Gasteiger partial charge >= 0.3 is 0 Å². The number of fused-ring (bicyclic) bond motifs is 1. The van der Waals surface area contributed by atoms with Crippen molar-refractivity contribution >= 4 is 11.5 Å². The first-order chi connectivity index (χ1) is 8.15. The summed E-state index contributed by atoms with van der Waals surface area (Å²) in [7, 11) is 0. The summed E-state index contributed by atoms with van der Waals surface area (Å²) < 4.78 is 0. The van der Waals surface area contributed by atoms with Crippen LogP contribution in [0.2, 0.25) is 0 Å². The summed E-state index contributed by atoms with van der Waals surface area (Å²) in [4.78, 5) is 12.1. The zero-order chi connectivity index (χ0) is 12.4. The van der Waals surface area contributed by atoms with Crippen LogP contribution in [0.3, 0.4) is 0 Å². The minimum atomic E-state index is -0.255. The van der Waals surface area contributed by atoms with Gasteiger partial charge in [0.15, 0.2) is 0 Å². The maximum Gasteiger partial charge on any atom is 0.144 e. The fourth-order valence-electron chi connectivity index (χ4n) is 2.42. The third-order valence-electron chi connectivity index (χ3n) is 3.35. The van der Waals surface area contributed by atoms with Crippen LogP contribution in [0.1, 0.15) is 31.4 Å². The molecule has 0 spiro atoms. The molecule has 1 aliphatic rings. The van der Waals surface area contributed by atoms with Crippen molar-refractivity contribution in [3.8, 4) is 0 Å². The molecule has 0 heterocycles. The molecule has 0 saturated carbocycles. The Bertz CT molecular complexity index is 463. The minimum absolute atomic E-state index is 0.0259. The topological polar surface area (TPSA) is 49.7 Å². The Balaban J connectivity index is 2.40. The van der Waals surface area contributed by atoms with Crippen molar-refractivity contribution in [2.24, 2.45) is 17.0 Å². The number of ketones is 1. The number of rotatable bonds is 2. The SMILES string of the molecule is CC(C)C(=O)C1CCc2ccccc2/C1=N/O. The molecule has 1 unspecified atom stereocenters. The van der Waals surface area contributed by atoms with E-state index >= 15 is 0 Å². The second-order valence-corrected chi connectivity index (χ2v) is 4.79. The van der Waals surface area contributed by atoms with Crippen molar-refractivity contribution < 1.29 is 10.0 Å². The summed E-state index contributed by atoms with van der Waals surface area (Å²) in [5.41, 5.74) is 2.61. The smallest absolute Gasteiger partial charge is 0.144 e. The lowest BCUT2D eigenvalue weighted by molar-refractivity contribution is -0.124. The molecular weight excluding hydrogens is 214 g/mol. The van der Waals surface area contributed by atoms with Crippen LogP contribution >= 0.6 is 0 Å². The van der Waals surface area contributed by atoms with Crippen LogP contribution in [0.5, 0.6) is 0 Å². The van der Waals surface area contributed by atoms with E-state index in [4.69, 9.17) is 0 Å². The van der Waals surface area contributed by atoms with Gasteiger partial charge in [-0.05, 0) is 18.4 Å². The van der Waals surface area contributed by atoms with Gasteiger partial charge in [-0.2, -0.15) is 0 Å². The summed E-state index contributed by atoms with van der Waals surface area (Å²) in [5, 5.41) is 12.5. The molecule has 0 radical (unpaired) electrons. The van der Waals surface area contributed by atoms with Gasteiger partial charge in [0.1, 0.15) is 5.78 Å². The lowest BCUT2D eigenvalue weighted by Crippen LogP contribution is -2.32. The number of oxime groups is 1. The predicted octanol–water partition coefficient (Wildman–Crippen LogP) is 2.65. The predicted molar refractivity (Wildman–Crippen MR) is 66.4 cm³/mol. The number of hydrogen-bond donors (Lipinski definition) is 1. The Kier molecular flexibility index (Phi) is 3.27. The first-order valence-corrected chi connectivity index (χ1v) is 5.99. The highest BCUT2D eigenvalue weighted by atomic mass is 16.4. The van der Waals surface area contributed by atoms with Crippen LogP contribution in [0.25, 0.3) is 0 Å². The average Bonchev–Trinajstić information content (AvgIpc) is 2.36. The van der Waals surface area contributed by atoms with Gasteiger partial charge in [0.25, 0.3) is 0 Å². The molecule has 0 amide bonds. The van der Waals surface area contributed by atoms with Crippen LogP contribution < -0.4 is 0 Å². The summed E-state index contributed by atoms with van der Waals surface area (Å²) >= 11 is 0. The fraction of sp³-hybridized carbons (Fsp3) is 0.429. The molecule has 1 aromatic carbocycles. The van der Waals surface area contributed by atoms with Crippen LogP contribution in [0.15, 0.2) is 29.4 Å². The van der Waals surface area contributed by atoms with E-state index in [1.807, 2.05) is 38.1 Å². The number of benzene rings is 1. The van der Waals surface area contributed by atoms with Crippen molar-refractivity contribution in [3.63, 3.8) is 0 Å². The van der Waals surface area contributed by atoms with Crippen molar-refractivity contribution in [3.05, 3.63) is 35.4 Å². The zero-order valence-electron chi connectivity index (χ0n) is 10.2. The Labute approximate surface area is 101 Å². The minimum Gasteiger partial charge on any atom is -0.411 e. The molecule has 0 aromatic heterocycles. The Morgan fingerprint density at radius 2 is 2.12 bits per heavy atom. The molecule has 1 N–H and O–H groups in total. The summed E-state index contributed by atoms with van der Waals surface area (Å²) in [5.74, 6) is -0.121. The number of carbonyl (C=O) groups excluding carboxylic acids is 1. The highest BCUT2D eigenvalue weighted by Crippen LogP contribution is 2.28. The lowest BCUT2D eigenvalue weighted by atomic mass is 9.77. The van der Waals surface area contributed by atoms with Crippen LogP contribution in [0.4, 0.5) is 0 Å². The quantitative estimate of drug-likeness (QED) is 0.628. The molecule has 0 fully saturated rings. The first-order valence-electron chi connectivity index (χ1n) is 5.99. The van der Waals surface area contributed by atoms with E-state index in [2.05, 4.69) is 5.16 Å². The highest BCUT2D eigenvalue weighted by Gasteiger charge is 2.32. The van der Waals surface area contributed by atoms with Crippen LogP contribution in [-0.2, 0) is 11.2 Å². The second-order valence-electron chi connectivity index (χ2n) is 4.79. The molecule has 3 nitrogen and oxygen atoms in total. The molecule has 1 aliphatic carbocycles. The van der Waals surface area contributed by atoms with Gasteiger partial charge in [-0.25, -0.2) is 0 Å². The number of hydrogen-bond acceptors (Lipinski definition) is 3. The maximum atomic E-state index is 12.1. The molecule has 1 atom stereocenters. The molecule has 0 bridgehead atoms. The van der Waals surface area contributed by atoms with Gasteiger partial charge in [0.2, 0.25) is 0 Å². The van der Waals surface area contributed by atoms with Gasteiger partial charge in [-0.15, -0.1) is 0 Å². The molecule has 17 heavy (non-hydrogen) atoms. The number of nitrogens with zero attached hydrogens (tertiary/aromatic N) is 1. The van der Waals surface area contributed by atoms with E-state index in [1.165, 1.54) is 0 Å². The number of Topliss-reactive ketones (excluding diaryl/α,β-unsaturated/α-hetero) is 1. The van der Waals surface area contributed by atoms with E-state index in [1.54, 1.807) is 0 Å². The summed E-state index contributed by atoms with van der Waals surface area (Å²) in [6.07, 6.45) is 1.62. The van der Waals surface area contributed by atoms with Gasteiger partial charge in [0.05, 0.1) is 11.6 Å². The molecule has 3 heteroatoms. The standard InChI is InChI=1S/C14H17NO2/c1-9(2)14(16)12-8-7-10-5-3-4-6-11(10)13(12)15-17/h3-6,9,12,17H,7-8H2,1-2H3/b15-13-. The van der Waals surface area contributed by atoms with E-state index in [0.29, 0.717) is 5.71 Å². The summed E-state index contributed by atoms with van der Waals surface area (Å²) in [6, 6.07) is 7.82. The normalized spacial score (nSPS) is 21.6. The third-order valence-corrected chi connectivity index (χ3v) is 3.35. The van der Waals surface area contributed by atoms with Crippen molar-refractivity contribution in [2.75, 3.05) is 0 Å². The zero-order valence-corrected chi connectivity index (χ0v) is 10.2. The third kappa shape index (κ3) is 2.09. The van der Waals surface area contributed by atoms with Gasteiger partial charge < -0.3 is 5.21 Å². The van der Waals surface area contributed by atoms with Gasteiger partial charge in [0, 0.05) is 11.5 Å². The summed E-state index contributed by atoms with van der Waals surface area (Å²) in [6.45, 7) is 3.77. The molecule has 0 saturated heterocycles. The first kappa shape index (κ1) is 11.8. The molecule has 0 aliphatic heterocycles. The maximum absolute atomic E-state index is 12.1. The Hall–Kier alpha value is -1.64. The van der Waals surface area contributed by atoms with E-state index in [9.17, 15) is 10.0 Å². The van der Waals surface area contributed by atoms with Crippen molar-refractivity contribution in [1.29, 1.82) is 0 Å². The molecule has 1 aromatic rings. The monoisotopic (exact) mass is 231 g/mol. The van der Waals surface area contributed by atoms with Crippen LogP contribution in [0, 0.1) is 11.8 Å². The average molecular weight is 231 g/mol. The van der Waals surface area contributed by atoms with Crippen molar-refractivity contribution in [2.45, 2.75) is 26.7 Å². The van der Waals surface area contributed by atoms with E-state index in [0.717, 1.165) is 24.0 Å².